The van der Waals surface area contributed by atoms with Crippen LogP contribution in [-0.4, -0.2) is 41.5 Å². The molecule has 196 valence electrons. The molecule has 0 saturated heterocycles. The maximum absolute atomic E-state index is 12.9. The number of aromatic nitrogens is 2. The first-order chi connectivity index (χ1) is 17.5. The Kier molecular flexibility index (Phi) is 8.33. The van der Waals surface area contributed by atoms with Crippen molar-refractivity contribution < 1.29 is 22.1 Å². The fourth-order valence-corrected chi connectivity index (χ4v) is 5.04. The van der Waals surface area contributed by atoms with Gasteiger partial charge in [0.2, 0.25) is 0 Å². The lowest BCUT2D eigenvalue weighted by molar-refractivity contribution is 0.0907. The molecule has 2 heterocycles. The van der Waals surface area contributed by atoms with Crippen molar-refractivity contribution in [3.8, 4) is 6.01 Å². The number of fused-ring (bicyclic) bond motifs is 1. The molecule has 1 aromatic heterocycles. The van der Waals surface area contributed by atoms with E-state index in [1.807, 2.05) is 6.92 Å². The summed E-state index contributed by atoms with van der Waals surface area (Å²) in [4.78, 5) is 22.5. The Morgan fingerprint density at radius 1 is 1.16 bits per heavy atom. The van der Waals surface area contributed by atoms with Crippen molar-refractivity contribution in [1.82, 2.24) is 14.9 Å². The lowest BCUT2D eigenvalue weighted by Gasteiger charge is -2.29. The summed E-state index contributed by atoms with van der Waals surface area (Å²) < 4.78 is 36.2. The van der Waals surface area contributed by atoms with Gasteiger partial charge in [-0.15, -0.1) is 0 Å². The fraction of sp³-hybridized carbons (Fsp3) is 0.292. The molecule has 1 aliphatic rings. The van der Waals surface area contributed by atoms with E-state index in [1.165, 1.54) is 24.0 Å². The minimum atomic E-state index is -4.21. The number of benzene rings is 2. The third kappa shape index (κ3) is 6.75. The Labute approximate surface area is 229 Å². The van der Waals surface area contributed by atoms with Gasteiger partial charge in [-0.1, -0.05) is 58.6 Å². The molecule has 0 aliphatic carbocycles. The minimum Gasteiger partial charge on any atom is -0.430 e. The van der Waals surface area contributed by atoms with Gasteiger partial charge in [-0.25, -0.2) is 4.79 Å². The molecule has 9 nitrogen and oxygen atoms in total. The van der Waals surface area contributed by atoms with Crippen molar-refractivity contribution in [2.24, 2.45) is 0 Å². The molecule has 0 radical (unpaired) electrons. The van der Waals surface area contributed by atoms with Gasteiger partial charge in [0.05, 0.1) is 12.2 Å². The Morgan fingerprint density at radius 3 is 2.57 bits per heavy atom. The smallest absolute Gasteiger partial charge is 0.411 e. The van der Waals surface area contributed by atoms with E-state index in [0.717, 1.165) is 11.1 Å². The molecule has 1 N–H and O–H groups in total. The number of rotatable bonds is 7. The molecule has 1 aliphatic heterocycles. The normalized spacial score (nSPS) is 14.0. The zero-order valence-electron chi connectivity index (χ0n) is 19.9. The zero-order chi connectivity index (χ0) is 26.7. The molecule has 1 unspecified atom stereocenters. The molecule has 0 saturated carbocycles. The number of amides is 1. The summed E-state index contributed by atoms with van der Waals surface area (Å²) in [6.45, 7) is 4.04. The first kappa shape index (κ1) is 27.3. The van der Waals surface area contributed by atoms with E-state index in [2.05, 4.69) is 15.3 Å². The number of aryl methyl sites for hydroxylation is 1. The molecule has 13 heteroatoms. The summed E-state index contributed by atoms with van der Waals surface area (Å²) in [5.41, 5.74) is 1.98. The SMILES string of the molecule is Cc1ccc(S(=O)(=O)Oc2nc3c(c(NCc4ccc(Cl)cc4Cl)n2)CCN(C(=O)OC(C)Cl)C3)cc1. The van der Waals surface area contributed by atoms with Crippen LogP contribution in [0, 0.1) is 6.92 Å². The topological polar surface area (TPSA) is 111 Å². The van der Waals surface area contributed by atoms with Gasteiger partial charge in [0.15, 0.2) is 5.56 Å². The molecule has 1 atom stereocenters. The van der Waals surface area contributed by atoms with Crippen molar-refractivity contribution in [2.45, 2.75) is 43.8 Å². The Bertz CT molecular complexity index is 1420. The van der Waals surface area contributed by atoms with E-state index < -0.39 is 21.8 Å². The van der Waals surface area contributed by atoms with Crippen molar-refractivity contribution >= 4 is 56.8 Å². The zero-order valence-corrected chi connectivity index (χ0v) is 23.0. The predicted molar refractivity (Wildman–Crippen MR) is 141 cm³/mol. The van der Waals surface area contributed by atoms with Crippen LogP contribution in [0.1, 0.15) is 29.3 Å². The molecular formula is C24H23Cl3N4O5S. The van der Waals surface area contributed by atoms with Gasteiger partial charge in [-0.3, -0.25) is 0 Å². The molecule has 1 amide bonds. The van der Waals surface area contributed by atoms with Crippen molar-refractivity contribution in [3.05, 3.63) is 74.9 Å². The van der Waals surface area contributed by atoms with E-state index in [0.29, 0.717) is 40.1 Å². The standard InChI is InChI=1S/C24H23Cl3N4O5S/c1-14-3-7-18(8-4-14)37(33,34)36-23-29-21-13-31(24(32)35-15(2)25)10-9-19(21)22(30-23)28-12-16-5-6-17(26)11-20(16)27/h3-8,11,15H,9-10,12-13H2,1-2H3,(H,28,29,30). The number of alkyl halides is 1. The maximum atomic E-state index is 12.9. The van der Waals surface area contributed by atoms with Crippen molar-refractivity contribution in [1.29, 1.82) is 0 Å². The quantitative estimate of drug-likeness (QED) is 0.284. The van der Waals surface area contributed by atoms with Crippen LogP contribution in [0.3, 0.4) is 0 Å². The second kappa shape index (κ2) is 11.3. The second-order valence-corrected chi connectivity index (χ2v) is 11.3. The van der Waals surface area contributed by atoms with Crippen LogP contribution >= 0.6 is 34.8 Å². The number of ether oxygens (including phenoxy) is 1. The highest BCUT2D eigenvalue weighted by Crippen LogP contribution is 2.29. The average Bonchev–Trinajstić information content (AvgIpc) is 2.82. The maximum Gasteiger partial charge on any atom is 0.411 e. The summed E-state index contributed by atoms with van der Waals surface area (Å²) in [6, 6.07) is 10.9. The van der Waals surface area contributed by atoms with Gasteiger partial charge in [0.25, 0.3) is 0 Å². The number of nitrogens with one attached hydrogen (secondary N) is 1. The summed E-state index contributed by atoms with van der Waals surface area (Å²) in [6.07, 6.45) is -0.216. The molecule has 0 bridgehead atoms. The third-order valence-corrected chi connectivity index (χ3v) is 7.42. The van der Waals surface area contributed by atoms with Gasteiger partial charge >= 0.3 is 22.2 Å². The summed E-state index contributed by atoms with van der Waals surface area (Å²) in [7, 11) is -4.21. The Balaban J connectivity index is 1.66. The van der Waals surface area contributed by atoms with Crippen LogP contribution in [0.2, 0.25) is 10.0 Å². The fourth-order valence-electron chi connectivity index (χ4n) is 3.66. The van der Waals surface area contributed by atoms with E-state index in [1.54, 1.807) is 30.3 Å². The van der Waals surface area contributed by atoms with Crippen LogP contribution < -0.4 is 9.50 Å². The van der Waals surface area contributed by atoms with Crippen molar-refractivity contribution in [2.75, 3.05) is 11.9 Å². The van der Waals surface area contributed by atoms with Crippen LogP contribution in [0.4, 0.5) is 10.6 Å². The Hall–Kier alpha value is -2.79. The first-order valence-electron chi connectivity index (χ1n) is 11.2. The molecular weight excluding hydrogens is 563 g/mol. The van der Waals surface area contributed by atoms with Gasteiger partial charge in [0.1, 0.15) is 10.7 Å². The van der Waals surface area contributed by atoms with Crippen molar-refractivity contribution in [3.63, 3.8) is 0 Å². The summed E-state index contributed by atoms with van der Waals surface area (Å²) in [5.74, 6) is 0.365. The van der Waals surface area contributed by atoms with Gasteiger partial charge in [0, 0.05) is 28.7 Å². The van der Waals surface area contributed by atoms with Gasteiger partial charge in [-0.2, -0.15) is 18.4 Å². The number of anilines is 1. The van der Waals surface area contributed by atoms with Crippen LogP contribution in [-0.2, 0) is 34.4 Å². The van der Waals surface area contributed by atoms with E-state index >= 15 is 0 Å². The van der Waals surface area contributed by atoms with E-state index in [-0.39, 0.29) is 24.0 Å². The van der Waals surface area contributed by atoms with E-state index in [4.69, 9.17) is 43.7 Å². The number of halogens is 3. The predicted octanol–water partition coefficient (Wildman–Crippen LogP) is 5.55. The molecule has 2 aromatic carbocycles. The van der Waals surface area contributed by atoms with Gasteiger partial charge in [-0.05, 0) is 50.1 Å². The largest absolute Gasteiger partial charge is 0.430 e. The molecule has 0 fully saturated rings. The summed E-state index contributed by atoms with van der Waals surface area (Å²) in [5, 5.41) is 4.16. The van der Waals surface area contributed by atoms with Crippen LogP contribution in [0.5, 0.6) is 6.01 Å². The lowest BCUT2D eigenvalue weighted by Crippen LogP contribution is -2.38. The molecule has 3 aromatic rings. The van der Waals surface area contributed by atoms with E-state index in [9.17, 15) is 13.2 Å². The third-order valence-electron chi connectivity index (χ3n) is 5.52. The highest BCUT2D eigenvalue weighted by atomic mass is 35.5. The monoisotopic (exact) mass is 584 g/mol. The Morgan fingerprint density at radius 2 is 1.89 bits per heavy atom. The highest BCUT2D eigenvalue weighted by Gasteiger charge is 2.29. The number of carbonyl (C=O) groups is 1. The number of hydrogen-bond donors (Lipinski definition) is 1. The average molecular weight is 586 g/mol. The molecule has 0 spiro atoms. The molecule has 37 heavy (non-hydrogen) atoms. The van der Waals surface area contributed by atoms with Crippen LogP contribution in [0.25, 0.3) is 0 Å². The number of nitrogens with zero attached hydrogens (tertiary/aromatic N) is 3. The lowest BCUT2D eigenvalue weighted by atomic mass is 10.1. The minimum absolute atomic E-state index is 0.0387. The number of carbonyl (C=O) groups excluding carboxylic acids is 1. The van der Waals surface area contributed by atoms with Gasteiger partial charge < -0.3 is 19.1 Å². The first-order valence-corrected chi connectivity index (χ1v) is 13.8. The summed E-state index contributed by atoms with van der Waals surface area (Å²) >= 11 is 18.1. The second-order valence-electron chi connectivity index (χ2n) is 8.32. The highest BCUT2D eigenvalue weighted by molar-refractivity contribution is 7.87. The van der Waals surface area contributed by atoms with Crippen LogP contribution in [0.15, 0.2) is 47.4 Å². The number of hydrogen-bond acceptors (Lipinski definition) is 8. The molecule has 4 rings (SSSR count).